The molecular weight excluding hydrogens is 306 g/mol. The van der Waals surface area contributed by atoms with Crippen molar-refractivity contribution >= 4 is 16.9 Å². The van der Waals surface area contributed by atoms with Crippen LogP contribution in [0.2, 0.25) is 0 Å². The lowest BCUT2D eigenvalue weighted by atomic mass is 10.0. The summed E-state index contributed by atoms with van der Waals surface area (Å²) in [6.45, 7) is 2.46. The second-order valence-corrected chi connectivity index (χ2v) is 5.39. The molecule has 1 aromatic heterocycles. The summed E-state index contributed by atoms with van der Waals surface area (Å²) in [4.78, 5) is 14.7. The van der Waals surface area contributed by atoms with E-state index in [4.69, 9.17) is 9.47 Å². The Hall–Kier alpha value is -2.95. The lowest BCUT2D eigenvalue weighted by molar-refractivity contribution is -0.136. The first kappa shape index (κ1) is 15.9. The molecule has 0 aliphatic heterocycles. The molecule has 2 N–H and O–H groups in total. The molecule has 1 heterocycles. The molecule has 0 radical (unpaired) electrons. The van der Waals surface area contributed by atoms with Gasteiger partial charge >= 0.3 is 5.97 Å². The van der Waals surface area contributed by atoms with E-state index in [2.05, 4.69) is 4.98 Å². The number of benzene rings is 2. The van der Waals surface area contributed by atoms with Crippen molar-refractivity contribution in [3.63, 3.8) is 0 Å². The van der Waals surface area contributed by atoms with E-state index in [0.717, 1.165) is 33.5 Å². The van der Waals surface area contributed by atoms with Gasteiger partial charge in [0, 0.05) is 16.5 Å². The van der Waals surface area contributed by atoms with E-state index in [1.165, 1.54) is 0 Å². The molecule has 124 valence electrons. The number of carbonyl (C=O) groups is 1. The summed E-state index contributed by atoms with van der Waals surface area (Å²) in [7, 11) is 1.59. The molecular formula is C19H19NO4. The van der Waals surface area contributed by atoms with E-state index in [0.29, 0.717) is 12.4 Å². The van der Waals surface area contributed by atoms with E-state index in [1.54, 1.807) is 7.11 Å². The fourth-order valence-electron chi connectivity index (χ4n) is 2.87. The Balaban J connectivity index is 2.25. The maximum absolute atomic E-state index is 11.4. The highest BCUT2D eigenvalue weighted by Gasteiger charge is 2.19. The molecule has 0 saturated heterocycles. The highest BCUT2D eigenvalue weighted by Crippen LogP contribution is 2.37. The maximum atomic E-state index is 11.4. The van der Waals surface area contributed by atoms with Crippen LogP contribution in [0.3, 0.4) is 0 Å². The monoisotopic (exact) mass is 325 g/mol. The summed E-state index contributed by atoms with van der Waals surface area (Å²) < 4.78 is 11.0. The van der Waals surface area contributed by atoms with Crippen LogP contribution in [0.5, 0.6) is 11.5 Å². The molecule has 3 aromatic rings. The van der Waals surface area contributed by atoms with Crippen LogP contribution in [0.1, 0.15) is 12.5 Å². The third kappa shape index (κ3) is 2.93. The Labute approximate surface area is 139 Å². The molecule has 0 bridgehead atoms. The number of H-pyrrole nitrogens is 1. The van der Waals surface area contributed by atoms with Gasteiger partial charge in [-0.2, -0.15) is 0 Å². The van der Waals surface area contributed by atoms with Gasteiger partial charge in [-0.3, -0.25) is 4.79 Å². The number of methoxy groups -OCH3 is 1. The van der Waals surface area contributed by atoms with Crippen LogP contribution in [-0.2, 0) is 11.2 Å². The normalized spacial score (nSPS) is 10.8. The molecule has 0 unspecified atom stereocenters. The molecule has 3 rings (SSSR count). The maximum Gasteiger partial charge on any atom is 0.307 e. The molecule has 5 nitrogen and oxygen atoms in total. The van der Waals surface area contributed by atoms with E-state index in [1.807, 2.05) is 49.4 Å². The Morgan fingerprint density at radius 3 is 2.71 bits per heavy atom. The van der Waals surface area contributed by atoms with Gasteiger partial charge in [-0.1, -0.05) is 12.1 Å². The summed E-state index contributed by atoms with van der Waals surface area (Å²) >= 11 is 0. The quantitative estimate of drug-likeness (QED) is 0.722. The van der Waals surface area contributed by atoms with Crippen molar-refractivity contribution in [1.29, 1.82) is 0 Å². The number of ether oxygens (including phenoxy) is 2. The van der Waals surface area contributed by atoms with Gasteiger partial charge in [-0.15, -0.1) is 0 Å². The fraction of sp³-hybridized carbons (Fsp3) is 0.211. The zero-order valence-electron chi connectivity index (χ0n) is 13.6. The van der Waals surface area contributed by atoms with Gasteiger partial charge in [0.1, 0.15) is 11.5 Å². The van der Waals surface area contributed by atoms with Crippen LogP contribution in [0.25, 0.3) is 22.2 Å². The number of aromatic nitrogens is 1. The standard InChI is InChI=1S/C19H19NO4/c1-3-24-17-7-5-4-6-13(17)19-15(11-18(21)22)14-10-12(23-2)8-9-16(14)20-19/h4-10,20H,3,11H2,1-2H3,(H,21,22). The van der Waals surface area contributed by atoms with Gasteiger partial charge in [0.25, 0.3) is 0 Å². The molecule has 0 aliphatic rings. The summed E-state index contributed by atoms with van der Waals surface area (Å²) in [6.07, 6.45) is -0.0804. The first-order valence-electron chi connectivity index (χ1n) is 7.76. The average molecular weight is 325 g/mol. The van der Waals surface area contributed by atoms with Crippen molar-refractivity contribution in [2.45, 2.75) is 13.3 Å². The molecule has 2 aromatic carbocycles. The van der Waals surface area contributed by atoms with Crippen molar-refractivity contribution in [1.82, 2.24) is 4.98 Å². The van der Waals surface area contributed by atoms with E-state index < -0.39 is 5.97 Å². The van der Waals surface area contributed by atoms with Crippen LogP contribution in [-0.4, -0.2) is 29.8 Å². The van der Waals surface area contributed by atoms with Gasteiger partial charge in [0.05, 0.1) is 25.8 Å². The first-order valence-corrected chi connectivity index (χ1v) is 7.76. The Bertz CT molecular complexity index is 882. The minimum absolute atomic E-state index is 0.0804. The van der Waals surface area contributed by atoms with Crippen LogP contribution in [0.15, 0.2) is 42.5 Å². The number of rotatable bonds is 6. The third-order valence-electron chi connectivity index (χ3n) is 3.90. The Morgan fingerprint density at radius 1 is 1.21 bits per heavy atom. The molecule has 0 aliphatic carbocycles. The molecule has 0 fully saturated rings. The minimum Gasteiger partial charge on any atom is -0.497 e. The van der Waals surface area contributed by atoms with Crippen LogP contribution in [0, 0.1) is 0 Å². The number of carboxylic acid groups (broad SMARTS) is 1. The van der Waals surface area contributed by atoms with Crippen LogP contribution in [0.4, 0.5) is 0 Å². The van der Waals surface area contributed by atoms with Gasteiger partial charge in [0.15, 0.2) is 0 Å². The van der Waals surface area contributed by atoms with Crippen molar-refractivity contribution in [3.8, 4) is 22.8 Å². The van der Waals surface area contributed by atoms with Gasteiger partial charge < -0.3 is 19.6 Å². The second kappa shape index (κ2) is 6.66. The highest BCUT2D eigenvalue weighted by molar-refractivity contribution is 5.95. The number of aliphatic carboxylic acids is 1. The van der Waals surface area contributed by atoms with Crippen molar-refractivity contribution in [2.75, 3.05) is 13.7 Å². The van der Waals surface area contributed by atoms with E-state index in [-0.39, 0.29) is 6.42 Å². The lowest BCUT2D eigenvalue weighted by Gasteiger charge is -2.10. The van der Waals surface area contributed by atoms with Crippen LogP contribution < -0.4 is 9.47 Å². The molecule has 5 heteroatoms. The Kier molecular flexibility index (Phi) is 4.42. The summed E-state index contributed by atoms with van der Waals surface area (Å²) in [5, 5.41) is 10.2. The number of hydrogen-bond acceptors (Lipinski definition) is 3. The first-order chi connectivity index (χ1) is 11.6. The molecule has 0 amide bonds. The fourth-order valence-corrected chi connectivity index (χ4v) is 2.87. The molecule has 0 spiro atoms. The highest BCUT2D eigenvalue weighted by atomic mass is 16.5. The van der Waals surface area contributed by atoms with Gasteiger partial charge in [-0.05, 0) is 42.8 Å². The molecule has 0 atom stereocenters. The van der Waals surface area contributed by atoms with Crippen LogP contribution >= 0.6 is 0 Å². The Morgan fingerprint density at radius 2 is 2.00 bits per heavy atom. The summed E-state index contributed by atoms with van der Waals surface area (Å²) in [5.74, 6) is 0.539. The van der Waals surface area contributed by atoms with E-state index >= 15 is 0 Å². The zero-order valence-corrected chi connectivity index (χ0v) is 13.6. The van der Waals surface area contributed by atoms with Crippen molar-refractivity contribution in [3.05, 3.63) is 48.0 Å². The number of aromatic amines is 1. The van der Waals surface area contributed by atoms with E-state index in [9.17, 15) is 9.90 Å². The van der Waals surface area contributed by atoms with Gasteiger partial charge in [0.2, 0.25) is 0 Å². The number of para-hydroxylation sites is 1. The minimum atomic E-state index is -0.881. The number of fused-ring (bicyclic) bond motifs is 1. The second-order valence-electron chi connectivity index (χ2n) is 5.39. The smallest absolute Gasteiger partial charge is 0.307 e. The summed E-state index contributed by atoms with van der Waals surface area (Å²) in [5.41, 5.74) is 3.22. The van der Waals surface area contributed by atoms with Crippen molar-refractivity contribution in [2.24, 2.45) is 0 Å². The lowest BCUT2D eigenvalue weighted by Crippen LogP contribution is -2.02. The predicted octanol–water partition coefficient (Wildman–Crippen LogP) is 3.87. The van der Waals surface area contributed by atoms with Crippen molar-refractivity contribution < 1.29 is 19.4 Å². The molecule has 24 heavy (non-hydrogen) atoms. The number of hydrogen-bond donors (Lipinski definition) is 2. The SMILES string of the molecule is CCOc1ccccc1-c1[nH]c2ccc(OC)cc2c1CC(=O)O. The summed E-state index contributed by atoms with van der Waals surface area (Å²) in [6, 6.07) is 13.2. The van der Waals surface area contributed by atoms with Gasteiger partial charge in [-0.25, -0.2) is 0 Å². The largest absolute Gasteiger partial charge is 0.497 e. The predicted molar refractivity (Wildman–Crippen MR) is 92.8 cm³/mol. The third-order valence-corrected chi connectivity index (χ3v) is 3.90. The number of nitrogens with one attached hydrogen (secondary N) is 1. The average Bonchev–Trinajstić information content (AvgIpc) is 2.92. The molecule has 0 saturated carbocycles. The topological polar surface area (TPSA) is 71.5 Å². The number of carboxylic acids is 1. The zero-order chi connectivity index (χ0) is 17.1.